The molecule has 0 saturated heterocycles. The average Bonchev–Trinajstić information content (AvgIpc) is 2.91. The molecule has 1 unspecified atom stereocenters. The summed E-state index contributed by atoms with van der Waals surface area (Å²) in [6, 6.07) is 18.7. The maximum absolute atomic E-state index is 12.7. The summed E-state index contributed by atoms with van der Waals surface area (Å²) >= 11 is 0. The van der Waals surface area contributed by atoms with Gasteiger partial charge in [0, 0.05) is 6.54 Å². The number of esters is 1. The molecule has 3 aromatic carbocycles. The third-order valence-electron chi connectivity index (χ3n) is 6.86. The van der Waals surface area contributed by atoms with Crippen molar-refractivity contribution in [3.63, 3.8) is 0 Å². The zero-order valence-corrected chi connectivity index (χ0v) is 22.0. The number of hydrogen-bond donors (Lipinski definition) is 4. The third kappa shape index (κ3) is 7.67. The van der Waals surface area contributed by atoms with Crippen LogP contribution in [0.15, 0.2) is 71.7 Å². The Labute approximate surface area is 231 Å². The van der Waals surface area contributed by atoms with E-state index in [9.17, 15) is 24.6 Å². The van der Waals surface area contributed by atoms with Crippen LogP contribution in [-0.2, 0) is 17.8 Å². The molecule has 0 aromatic heterocycles. The molecule has 1 aliphatic rings. The van der Waals surface area contributed by atoms with Gasteiger partial charge in [-0.1, -0.05) is 18.2 Å². The van der Waals surface area contributed by atoms with Gasteiger partial charge in [-0.2, -0.15) is 0 Å². The van der Waals surface area contributed by atoms with Gasteiger partial charge in [-0.15, -0.1) is 0 Å². The highest BCUT2D eigenvalue weighted by Crippen LogP contribution is 2.36. The first-order valence-corrected chi connectivity index (χ1v) is 13.0. The predicted octanol–water partition coefficient (Wildman–Crippen LogP) is 3.91. The molecule has 0 bridgehead atoms. The van der Waals surface area contributed by atoms with Crippen LogP contribution in [0, 0.1) is 0 Å². The molecule has 0 amide bonds. The summed E-state index contributed by atoms with van der Waals surface area (Å²) in [5.41, 5.74) is 14.9. The van der Waals surface area contributed by atoms with E-state index in [1.54, 1.807) is 48.5 Å². The number of aliphatic imine (C=N–C) groups is 1. The maximum Gasteiger partial charge on any atom is 0.343 e. The SMILES string of the molecule is NC(N)=Nc1ccc(C(=O)Oc2ccc3c(c2)CCCC3CCN(CC(=O)O)Cc2cccc(C(=O)O)c2)cc1. The van der Waals surface area contributed by atoms with Crippen molar-refractivity contribution in [1.82, 2.24) is 4.90 Å². The van der Waals surface area contributed by atoms with E-state index in [1.807, 2.05) is 17.0 Å². The largest absolute Gasteiger partial charge is 0.480 e. The molecule has 208 valence electrons. The lowest BCUT2D eigenvalue weighted by molar-refractivity contribution is -0.138. The van der Waals surface area contributed by atoms with Gasteiger partial charge in [0.15, 0.2) is 5.96 Å². The van der Waals surface area contributed by atoms with Crippen LogP contribution in [0.5, 0.6) is 5.75 Å². The van der Waals surface area contributed by atoms with E-state index in [4.69, 9.17) is 16.2 Å². The number of aryl methyl sites for hydroxylation is 1. The summed E-state index contributed by atoms with van der Waals surface area (Å²) in [6.07, 6.45) is 3.57. The summed E-state index contributed by atoms with van der Waals surface area (Å²) in [4.78, 5) is 41.3. The summed E-state index contributed by atoms with van der Waals surface area (Å²) in [5, 5.41) is 18.7. The molecule has 0 radical (unpaired) electrons. The third-order valence-corrected chi connectivity index (χ3v) is 6.86. The number of nitrogens with two attached hydrogens (primary N) is 2. The smallest absolute Gasteiger partial charge is 0.343 e. The highest BCUT2D eigenvalue weighted by Gasteiger charge is 2.23. The fraction of sp³-hybridized carbons (Fsp3) is 0.267. The molecule has 0 aliphatic heterocycles. The quantitative estimate of drug-likeness (QED) is 0.121. The summed E-state index contributed by atoms with van der Waals surface area (Å²) in [6.45, 7) is 0.744. The van der Waals surface area contributed by atoms with Crippen LogP contribution in [0.25, 0.3) is 0 Å². The first-order chi connectivity index (χ1) is 19.2. The van der Waals surface area contributed by atoms with E-state index < -0.39 is 17.9 Å². The van der Waals surface area contributed by atoms with Gasteiger partial charge in [0.1, 0.15) is 5.75 Å². The Bertz CT molecular complexity index is 1420. The Morgan fingerprint density at radius 2 is 1.75 bits per heavy atom. The van der Waals surface area contributed by atoms with E-state index in [0.717, 1.165) is 36.8 Å². The molecule has 3 aromatic rings. The lowest BCUT2D eigenvalue weighted by Crippen LogP contribution is -2.31. The minimum Gasteiger partial charge on any atom is -0.480 e. The average molecular weight is 545 g/mol. The first kappa shape index (κ1) is 28.3. The van der Waals surface area contributed by atoms with Gasteiger partial charge in [0.25, 0.3) is 0 Å². The maximum atomic E-state index is 12.7. The van der Waals surface area contributed by atoms with E-state index in [1.165, 1.54) is 11.6 Å². The molecule has 1 aliphatic carbocycles. The molecular formula is C30H32N4O6. The molecule has 0 saturated carbocycles. The van der Waals surface area contributed by atoms with E-state index in [2.05, 4.69) is 4.99 Å². The molecule has 0 spiro atoms. The summed E-state index contributed by atoms with van der Waals surface area (Å²) < 4.78 is 5.62. The van der Waals surface area contributed by atoms with Crippen molar-refractivity contribution in [3.8, 4) is 5.75 Å². The van der Waals surface area contributed by atoms with Crippen LogP contribution in [0.4, 0.5) is 5.69 Å². The molecular weight excluding hydrogens is 512 g/mol. The fourth-order valence-electron chi connectivity index (χ4n) is 5.05. The first-order valence-electron chi connectivity index (χ1n) is 13.0. The number of guanidine groups is 1. The van der Waals surface area contributed by atoms with Gasteiger partial charge >= 0.3 is 17.9 Å². The van der Waals surface area contributed by atoms with Crippen molar-refractivity contribution < 1.29 is 29.3 Å². The lowest BCUT2D eigenvalue weighted by atomic mass is 9.81. The van der Waals surface area contributed by atoms with Gasteiger partial charge in [0.2, 0.25) is 0 Å². The van der Waals surface area contributed by atoms with Gasteiger partial charge in [-0.25, -0.2) is 14.6 Å². The number of carboxylic acid groups (broad SMARTS) is 2. The monoisotopic (exact) mass is 544 g/mol. The Kier molecular flexibility index (Phi) is 9.13. The number of carbonyl (C=O) groups is 3. The Hall–Kier alpha value is -4.70. The zero-order valence-electron chi connectivity index (χ0n) is 22.0. The van der Waals surface area contributed by atoms with Crippen molar-refractivity contribution >= 4 is 29.6 Å². The standard InChI is InChI=1S/C30H32N4O6/c31-30(32)33-24-9-7-21(8-10-24)29(39)40-25-11-12-26-20(4-2-5-22(26)16-25)13-14-34(18-27(35)36)17-19-3-1-6-23(15-19)28(37)38/h1,3,6-12,15-16,20H,2,4-5,13-14,17-18H2,(H,35,36)(H,37,38)(H4,31,32,33). The van der Waals surface area contributed by atoms with Crippen molar-refractivity contribution in [1.29, 1.82) is 0 Å². The second kappa shape index (κ2) is 12.9. The molecule has 40 heavy (non-hydrogen) atoms. The molecule has 6 N–H and O–H groups in total. The van der Waals surface area contributed by atoms with Crippen LogP contribution < -0.4 is 16.2 Å². The molecule has 1 atom stereocenters. The van der Waals surface area contributed by atoms with Crippen LogP contribution >= 0.6 is 0 Å². The molecule has 0 fully saturated rings. The topological polar surface area (TPSA) is 169 Å². The predicted molar refractivity (Wildman–Crippen MR) is 150 cm³/mol. The highest BCUT2D eigenvalue weighted by molar-refractivity contribution is 5.91. The number of aliphatic carboxylic acids is 1. The van der Waals surface area contributed by atoms with Crippen LogP contribution in [0.1, 0.15) is 62.6 Å². The molecule has 4 rings (SSSR count). The number of hydrogen-bond acceptors (Lipinski definition) is 6. The molecule has 0 heterocycles. The Balaban J connectivity index is 1.41. The number of carboxylic acids is 2. The van der Waals surface area contributed by atoms with Gasteiger partial charge in [-0.05, 0) is 103 Å². The van der Waals surface area contributed by atoms with Gasteiger partial charge < -0.3 is 26.4 Å². The van der Waals surface area contributed by atoms with Gasteiger partial charge in [-0.3, -0.25) is 9.69 Å². The second-order valence-corrected chi connectivity index (χ2v) is 9.82. The van der Waals surface area contributed by atoms with E-state index in [-0.39, 0.29) is 24.0 Å². The second-order valence-electron chi connectivity index (χ2n) is 9.82. The van der Waals surface area contributed by atoms with Crippen LogP contribution in [0.2, 0.25) is 0 Å². The molecule has 10 heteroatoms. The lowest BCUT2D eigenvalue weighted by Gasteiger charge is -2.28. The number of rotatable bonds is 11. The number of fused-ring (bicyclic) bond motifs is 1. The minimum atomic E-state index is -1.02. The zero-order chi connectivity index (χ0) is 28.6. The number of benzene rings is 3. The van der Waals surface area contributed by atoms with Crippen molar-refractivity contribution in [2.75, 3.05) is 13.1 Å². The van der Waals surface area contributed by atoms with Gasteiger partial charge in [0.05, 0.1) is 23.4 Å². The van der Waals surface area contributed by atoms with Crippen molar-refractivity contribution in [2.45, 2.75) is 38.1 Å². The van der Waals surface area contributed by atoms with Crippen LogP contribution in [-0.4, -0.2) is 52.1 Å². The number of ether oxygens (including phenoxy) is 1. The van der Waals surface area contributed by atoms with Crippen molar-refractivity contribution in [3.05, 3.63) is 94.5 Å². The number of aromatic carboxylic acids is 1. The van der Waals surface area contributed by atoms with E-state index in [0.29, 0.717) is 30.1 Å². The normalized spacial score (nSPS) is 14.3. The number of nitrogens with zero attached hydrogens (tertiary/aromatic N) is 2. The van der Waals surface area contributed by atoms with E-state index >= 15 is 0 Å². The number of carbonyl (C=O) groups excluding carboxylic acids is 1. The Morgan fingerprint density at radius 3 is 2.45 bits per heavy atom. The summed E-state index contributed by atoms with van der Waals surface area (Å²) in [7, 11) is 0. The minimum absolute atomic E-state index is 0.0668. The molecule has 10 nitrogen and oxygen atoms in total. The summed E-state index contributed by atoms with van der Waals surface area (Å²) in [5.74, 6) is -1.81. The van der Waals surface area contributed by atoms with Crippen LogP contribution in [0.3, 0.4) is 0 Å². The van der Waals surface area contributed by atoms with Crippen molar-refractivity contribution in [2.24, 2.45) is 16.5 Å². The fourth-order valence-corrected chi connectivity index (χ4v) is 5.05. The highest BCUT2D eigenvalue weighted by atomic mass is 16.5. The Morgan fingerprint density at radius 1 is 0.975 bits per heavy atom.